The van der Waals surface area contributed by atoms with Gasteiger partial charge in [-0.2, -0.15) is 0 Å². The Hall–Kier alpha value is -0.440. The van der Waals surface area contributed by atoms with Gasteiger partial charge in [0, 0.05) is 12.8 Å². The molecular weight excluding hydrogens is 348 g/mol. The number of rotatable bonds is 22. The molecule has 0 aromatic carbocycles. The molecule has 0 aliphatic rings. The summed E-state index contributed by atoms with van der Waals surface area (Å²) in [6.07, 6.45) is 30.8. The molecule has 170 valence electrons. The van der Waals surface area contributed by atoms with E-state index < -0.39 is 0 Å². The third-order valence-electron chi connectivity index (χ3n) is 6.28. The van der Waals surface area contributed by atoms with Gasteiger partial charge in [-0.15, -0.1) is 11.8 Å². The summed E-state index contributed by atoms with van der Waals surface area (Å²) in [4.78, 5) is 0. The van der Waals surface area contributed by atoms with Crippen molar-refractivity contribution >= 4 is 0 Å². The summed E-state index contributed by atoms with van der Waals surface area (Å²) in [6.45, 7) is 10.2. The van der Waals surface area contributed by atoms with Crippen LogP contribution in [0.15, 0.2) is 0 Å². The van der Waals surface area contributed by atoms with Crippen LogP contribution in [0.3, 0.4) is 0 Å². The quantitative estimate of drug-likeness (QED) is 0.125. The Morgan fingerprint density at radius 1 is 0.483 bits per heavy atom. The highest BCUT2D eigenvalue weighted by Crippen LogP contribution is 2.21. The highest BCUT2D eigenvalue weighted by molar-refractivity contribution is 4.98. The van der Waals surface area contributed by atoms with Crippen molar-refractivity contribution in [1.82, 2.24) is 0 Å². The van der Waals surface area contributed by atoms with Crippen molar-refractivity contribution in [3.63, 3.8) is 0 Å². The molecule has 0 amide bonds. The van der Waals surface area contributed by atoms with Crippen molar-refractivity contribution < 1.29 is 0 Å². The second-order valence-electron chi connectivity index (χ2n) is 9.07. The van der Waals surface area contributed by atoms with Crippen LogP contribution in [0.4, 0.5) is 0 Å². The van der Waals surface area contributed by atoms with Crippen LogP contribution >= 0.6 is 0 Å². The average molecular weight is 403 g/mol. The molecule has 0 fully saturated rings. The van der Waals surface area contributed by atoms with Crippen LogP contribution in [0.2, 0.25) is 0 Å². The lowest BCUT2D eigenvalue weighted by atomic mass is 9.92. The van der Waals surface area contributed by atoms with Gasteiger partial charge in [0.05, 0.1) is 0 Å². The number of hydrogen-bond donors (Lipinski definition) is 0. The molecule has 0 saturated heterocycles. The second-order valence-corrected chi connectivity index (χ2v) is 9.07. The molecule has 0 nitrogen and oxygen atoms in total. The molecule has 1 atom stereocenters. The Morgan fingerprint density at radius 2 is 0.828 bits per heavy atom. The summed E-state index contributed by atoms with van der Waals surface area (Å²) >= 11 is 0. The maximum atomic E-state index is 3.93. The van der Waals surface area contributed by atoms with Crippen LogP contribution in [-0.2, 0) is 0 Å². The molecule has 0 saturated carbocycles. The first kappa shape index (κ1) is 28.6. The van der Waals surface area contributed by atoms with E-state index in [2.05, 4.69) is 32.6 Å². The third-order valence-corrected chi connectivity index (χ3v) is 6.28. The van der Waals surface area contributed by atoms with Crippen molar-refractivity contribution in [2.24, 2.45) is 5.92 Å². The van der Waals surface area contributed by atoms with Crippen LogP contribution in [0.5, 0.6) is 0 Å². The van der Waals surface area contributed by atoms with E-state index >= 15 is 0 Å². The molecule has 0 aromatic heterocycles. The minimum atomic E-state index is 0.970. The number of hydrogen-bond acceptors (Lipinski definition) is 0. The van der Waals surface area contributed by atoms with E-state index in [0.29, 0.717) is 0 Å². The fourth-order valence-electron chi connectivity index (χ4n) is 4.14. The van der Waals surface area contributed by atoms with Crippen molar-refractivity contribution in [3.8, 4) is 11.8 Å². The lowest BCUT2D eigenvalue weighted by Gasteiger charge is -2.14. The fourth-order valence-corrected chi connectivity index (χ4v) is 4.14. The molecule has 0 heterocycles. The maximum Gasteiger partial charge on any atom is 0.00886 e. The zero-order chi connectivity index (χ0) is 21.3. The van der Waals surface area contributed by atoms with Gasteiger partial charge in [0.15, 0.2) is 0 Å². The van der Waals surface area contributed by atoms with E-state index in [1.54, 1.807) is 0 Å². The molecular formula is C29H54. The van der Waals surface area contributed by atoms with E-state index in [1.165, 1.54) is 122 Å². The third kappa shape index (κ3) is 23.7. The first-order valence-electron chi connectivity index (χ1n) is 13.4. The zero-order valence-electron chi connectivity index (χ0n) is 20.3. The van der Waals surface area contributed by atoms with Gasteiger partial charge in [-0.25, -0.2) is 0 Å². The average Bonchev–Trinajstić information content (AvgIpc) is 2.74. The van der Waals surface area contributed by atoms with E-state index in [0.717, 1.165) is 31.6 Å². The van der Waals surface area contributed by atoms with Gasteiger partial charge in [-0.3, -0.25) is 0 Å². The Labute approximate surface area is 186 Å². The molecule has 2 radical (unpaired) electrons. The smallest absolute Gasteiger partial charge is 0.00886 e. The number of unbranched alkanes of at least 4 members (excludes halogenated alkanes) is 17. The summed E-state index contributed by atoms with van der Waals surface area (Å²) in [5.74, 6) is 7.78. The molecule has 1 unspecified atom stereocenters. The molecule has 0 heteroatoms. The van der Waals surface area contributed by atoms with Crippen molar-refractivity contribution in [2.75, 3.05) is 0 Å². The fraction of sp³-hybridized carbons (Fsp3) is 0.862. The molecule has 0 bridgehead atoms. The lowest BCUT2D eigenvalue weighted by molar-refractivity contribution is 0.395. The minimum absolute atomic E-state index is 0.970. The van der Waals surface area contributed by atoms with Gasteiger partial charge >= 0.3 is 0 Å². The van der Waals surface area contributed by atoms with Crippen LogP contribution in [-0.4, -0.2) is 0 Å². The van der Waals surface area contributed by atoms with Crippen molar-refractivity contribution in [3.05, 3.63) is 13.8 Å². The summed E-state index contributed by atoms with van der Waals surface area (Å²) in [5.41, 5.74) is 0. The first-order valence-corrected chi connectivity index (χ1v) is 13.4. The van der Waals surface area contributed by atoms with E-state index in [1.807, 2.05) is 0 Å². The largest absolute Gasteiger partial charge is 0.103 e. The topological polar surface area (TPSA) is 0 Å². The predicted octanol–water partition coefficient (Wildman–Crippen LogP) is 10.3. The van der Waals surface area contributed by atoms with Gasteiger partial charge in [-0.1, -0.05) is 143 Å². The van der Waals surface area contributed by atoms with Crippen LogP contribution in [0.25, 0.3) is 0 Å². The monoisotopic (exact) mass is 402 g/mol. The Balaban J connectivity index is 3.34. The standard InChI is InChI=1S/C29H54/c1-4-7-9-11-13-14-15-16-17-18-19-20-21-22-24-26-28-29(6-3)27-25-23-12-10-8-5-2/h29H,1-2,4-18,21-28H2,3H3. The Kier molecular flexibility index (Phi) is 25.2. The Morgan fingerprint density at radius 3 is 1.24 bits per heavy atom. The zero-order valence-corrected chi connectivity index (χ0v) is 20.3. The Bertz CT molecular complexity index is 345. The molecule has 0 rings (SSSR count). The van der Waals surface area contributed by atoms with Gasteiger partial charge < -0.3 is 0 Å². The minimum Gasteiger partial charge on any atom is -0.103 e. The van der Waals surface area contributed by atoms with Crippen molar-refractivity contribution in [2.45, 2.75) is 155 Å². The molecule has 0 aromatic rings. The highest BCUT2D eigenvalue weighted by atomic mass is 14.1. The first-order chi connectivity index (χ1) is 14.3. The summed E-state index contributed by atoms with van der Waals surface area (Å²) in [5, 5.41) is 0. The van der Waals surface area contributed by atoms with Gasteiger partial charge in [0.2, 0.25) is 0 Å². The van der Waals surface area contributed by atoms with Gasteiger partial charge in [0.25, 0.3) is 0 Å². The molecule has 0 aliphatic carbocycles. The molecule has 0 N–H and O–H groups in total. The molecule has 29 heavy (non-hydrogen) atoms. The summed E-state index contributed by atoms with van der Waals surface area (Å²) in [7, 11) is 0. The molecule has 0 spiro atoms. The highest BCUT2D eigenvalue weighted by Gasteiger charge is 2.05. The SMILES string of the molecule is [CH2]CCCCCCCCCCC#CCCCCCC(CC)CCCCCCC[CH2]. The predicted molar refractivity (Wildman–Crippen MR) is 134 cm³/mol. The van der Waals surface area contributed by atoms with Crippen LogP contribution in [0, 0.1) is 31.6 Å². The van der Waals surface area contributed by atoms with Gasteiger partial charge in [-0.05, 0) is 18.8 Å². The lowest BCUT2D eigenvalue weighted by Crippen LogP contribution is -1.99. The van der Waals surface area contributed by atoms with Crippen LogP contribution in [0.1, 0.15) is 155 Å². The second kappa shape index (κ2) is 25.6. The summed E-state index contributed by atoms with van der Waals surface area (Å²) < 4.78 is 0. The van der Waals surface area contributed by atoms with Gasteiger partial charge in [0.1, 0.15) is 0 Å². The normalized spacial score (nSPS) is 12.0. The van der Waals surface area contributed by atoms with E-state index in [4.69, 9.17) is 0 Å². The van der Waals surface area contributed by atoms with E-state index in [9.17, 15) is 0 Å². The van der Waals surface area contributed by atoms with Crippen LogP contribution < -0.4 is 0 Å². The molecule has 0 aliphatic heterocycles. The van der Waals surface area contributed by atoms with E-state index in [-0.39, 0.29) is 0 Å². The van der Waals surface area contributed by atoms with Crippen molar-refractivity contribution in [1.29, 1.82) is 0 Å². The summed E-state index contributed by atoms with van der Waals surface area (Å²) in [6, 6.07) is 0. The maximum absolute atomic E-state index is 3.93.